The number of hydrogen-bond donors (Lipinski definition) is 0. The van der Waals surface area contributed by atoms with Gasteiger partial charge in [0, 0.05) is 37.7 Å². The molecule has 3 aliphatic rings. The third-order valence-electron chi connectivity index (χ3n) is 7.42. The molecular formula is C22H25F7N2O. The van der Waals surface area contributed by atoms with Gasteiger partial charge in [0.2, 0.25) is 5.91 Å². The number of halogens is 7. The predicted molar refractivity (Wildman–Crippen MR) is 103 cm³/mol. The van der Waals surface area contributed by atoms with Crippen LogP contribution in [0.2, 0.25) is 0 Å². The Bertz CT molecular complexity index is 860. The average molecular weight is 466 g/mol. The fourth-order valence-corrected chi connectivity index (χ4v) is 5.63. The standard InChI is InChI=1S/C22H25F7N2O/c1-30-8-10-31(11-9-30)19(32)18-7-6-16-15-5-3-14(12-13(15)2-4-17(16)18)20(23,21(24,25)26)22(27,28)29/h3,5,12,16-18H,2,4,6-11H2,1H3/t16?,17?,18-/m1/s1. The van der Waals surface area contributed by atoms with Gasteiger partial charge in [0.05, 0.1) is 0 Å². The first kappa shape index (κ1) is 23.3. The van der Waals surface area contributed by atoms with Gasteiger partial charge in [0.25, 0.3) is 0 Å². The van der Waals surface area contributed by atoms with Crippen LogP contribution in [0.3, 0.4) is 0 Å². The summed E-state index contributed by atoms with van der Waals surface area (Å²) in [6, 6.07) is 2.54. The van der Waals surface area contributed by atoms with E-state index < -0.39 is 23.6 Å². The molecule has 0 bridgehead atoms. The second kappa shape index (κ2) is 7.88. The molecule has 178 valence electrons. The molecule has 1 amide bonds. The Balaban J connectivity index is 1.58. The second-order valence-corrected chi connectivity index (χ2v) is 9.19. The van der Waals surface area contributed by atoms with Crippen molar-refractivity contribution in [3.05, 3.63) is 34.9 Å². The molecule has 1 aromatic carbocycles. The average Bonchev–Trinajstić information content (AvgIpc) is 3.15. The smallest absolute Gasteiger partial charge is 0.340 e. The largest absolute Gasteiger partial charge is 0.435 e. The minimum atomic E-state index is -6.12. The van der Waals surface area contributed by atoms with E-state index in [0.29, 0.717) is 49.5 Å². The molecule has 0 spiro atoms. The summed E-state index contributed by atoms with van der Waals surface area (Å²) in [5.41, 5.74) is -5.89. The van der Waals surface area contributed by atoms with Crippen molar-refractivity contribution in [1.29, 1.82) is 0 Å². The number of piperazine rings is 1. The molecule has 1 saturated heterocycles. The molecule has 1 heterocycles. The molecular weight excluding hydrogens is 441 g/mol. The van der Waals surface area contributed by atoms with Crippen molar-refractivity contribution in [2.75, 3.05) is 33.2 Å². The van der Waals surface area contributed by atoms with E-state index in [2.05, 4.69) is 4.90 Å². The maximum Gasteiger partial charge on any atom is 0.435 e. The lowest BCUT2D eigenvalue weighted by Crippen LogP contribution is -2.50. The first-order chi connectivity index (χ1) is 14.8. The predicted octanol–water partition coefficient (Wildman–Crippen LogP) is 4.81. The molecule has 1 aliphatic heterocycles. The molecule has 3 atom stereocenters. The van der Waals surface area contributed by atoms with Crippen LogP contribution in [0, 0.1) is 11.8 Å². The number of hydrogen-bond acceptors (Lipinski definition) is 2. The van der Waals surface area contributed by atoms with Crippen LogP contribution < -0.4 is 0 Å². The monoisotopic (exact) mass is 466 g/mol. The van der Waals surface area contributed by atoms with Crippen LogP contribution in [0.5, 0.6) is 0 Å². The Morgan fingerprint density at radius 1 is 0.906 bits per heavy atom. The van der Waals surface area contributed by atoms with Gasteiger partial charge in [-0.05, 0) is 55.7 Å². The zero-order chi connectivity index (χ0) is 23.5. The molecule has 0 aromatic heterocycles. The maximum atomic E-state index is 14.5. The van der Waals surface area contributed by atoms with Gasteiger partial charge in [-0.2, -0.15) is 26.3 Å². The summed E-state index contributed by atoms with van der Waals surface area (Å²) in [5.74, 6) is -0.217. The highest BCUT2D eigenvalue weighted by Gasteiger charge is 2.73. The molecule has 4 rings (SSSR count). The quantitative estimate of drug-likeness (QED) is 0.585. The summed E-state index contributed by atoms with van der Waals surface area (Å²) < 4.78 is 93.3. The van der Waals surface area contributed by atoms with Gasteiger partial charge >= 0.3 is 18.0 Å². The van der Waals surface area contributed by atoms with Crippen molar-refractivity contribution in [3.63, 3.8) is 0 Å². The highest BCUT2D eigenvalue weighted by molar-refractivity contribution is 5.80. The Morgan fingerprint density at radius 3 is 2.12 bits per heavy atom. The molecule has 0 radical (unpaired) electrons. The third-order valence-corrected chi connectivity index (χ3v) is 7.42. The van der Waals surface area contributed by atoms with E-state index in [0.717, 1.165) is 19.2 Å². The molecule has 2 unspecified atom stereocenters. The summed E-state index contributed by atoms with van der Waals surface area (Å²) in [5, 5.41) is 0. The normalized spacial score (nSPS) is 27.2. The lowest BCUT2D eigenvalue weighted by molar-refractivity contribution is -0.348. The number of aryl methyl sites for hydroxylation is 1. The Kier molecular flexibility index (Phi) is 5.75. The first-order valence-corrected chi connectivity index (χ1v) is 10.8. The van der Waals surface area contributed by atoms with E-state index >= 15 is 0 Å². The molecule has 2 aliphatic carbocycles. The minimum absolute atomic E-state index is 0.000807. The van der Waals surface area contributed by atoms with Crippen LogP contribution in [-0.4, -0.2) is 61.3 Å². The van der Waals surface area contributed by atoms with Crippen LogP contribution in [0.15, 0.2) is 18.2 Å². The van der Waals surface area contributed by atoms with Crippen molar-refractivity contribution in [1.82, 2.24) is 9.80 Å². The van der Waals surface area contributed by atoms with E-state index in [1.807, 2.05) is 11.9 Å². The number of benzene rings is 1. The van der Waals surface area contributed by atoms with Crippen molar-refractivity contribution in [3.8, 4) is 0 Å². The molecule has 1 saturated carbocycles. The number of likely N-dealkylation sites (N-methyl/N-ethyl adjacent to an activating group) is 1. The first-order valence-electron chi connectivity index (χ1n) is 10.8. The Hall–Kier alpha value is -1.84. The third kappa shape index (κ3) is 3.68. The van der Waals surface area contributed by atoms with Gasteiger partial charge in [-0.25, -0.2) is 4.39 Å². The number of fused-ring (bicyclic) bond motifs is 3. The molecule has 3 nitrogen and oxygen atoms in total. The minimum Gasteiger partial charge on any atom is -0.340 e. The summed E-state index contributed by atoms with van der Waals surface area (Å²) >= 11 is 0. The summed E-state index contributed by atoms with van der Waals surface area (Å²) in [6.45, 7) is 2.89. The lowest BCUT2D eigenvalue weighted by atomic mass is 9.73. The fraction of sp³-hybridized carbons (Fsp3) is 0.682. The fourth-order valence-electron chi connectivity index (χ4n) is 5.63. The van der Waals surface area contributed by atoms with Gasteiger partial charge in [-0.1, -0.05) is 18.2 Å². The van der Waals surface area contributed by atoms with E-state index in [-0.39, 0.29) is 30.1 Å². The number of rotatable bonds is 2. The van der Waals surface area contributed by atoms with Crippen LogP contribution >= 0.6 is 0 Å². The lowest BCUT2D eigenvalue weighted by Gasteiger charge is -2.37. The molecule has 32 heavy (non-hydrogen) atoms. The van der Waals surface area contributed by atoms with Crippen LogP contribution in [0.1, 0.15) is 41.9 Å². The van der Waals surface area contributed by atoms with E-state index in [1.54, 1.807) is 0 Å². The van der Waals surface area contributed by atoms with Gasteiger partial charge in [-0.3, -0.25) is 4.79 Å². The molecule has 1 aromatic rings. The van der Waals surface area contributed by atoms with Crippen LogP contribution in [0.25, 0.3) is 0 Å². The molecule has 0 N–H and O–H groups in total. The van der Waals surface area contributed by atoms with E-state index in [4.69, 9.17) is 0 Å². The SMILES string of the molecule is CN1CCN(C(=O)[C@@H]2CCC3c4ccc(C(F)(C(F)(F)F)C(F)(F)F)cc4CCC32)CC1. The van der Waals surface area contributed by atoms with Crippen LogP contribution in [0.4, 0.5) is 30.7 Å². The van der Waals surface area contributed by atoms with Crippen molar-refractivity contribution in [2.45, 2.75) is 49.6 Å². The van der Waals surface area contributed by atoms with Crippen LogP contribution in [-0.2, 0) is 16.9 Å². The molecule has 10 heteroatoms. The Labute approximate surface area is 181 Å². The molecule has 2 fully saturated rings. The number of alkyl halides is 7. The zero-order valence-corrected chi connectivity index (χ0v) is 17.6. The van der Waals surface area contributed by atoms with Crippen molar-refractivity contribution < 1.29 is 35.5 Å². The maximum absolute atomic E-state index is 14.5. The highest BCUT2D eigenvalue weighted by Crippen LogP contribution is 2.55. The number of carbonyl (C=O) groups excluding carboxylic acids is 1. The topological polar surface area (TPSA) is 23.6 Å². The van der Waals surface area contributed by atoms with Crippen molar-refractivity contribution >= 4 is 5.91 Å². The van der Waals surface area contributed by atoms with Gasteiger partial charge in [-0.15, -0.1) is 0 Å². The van der Waals surface area contributed by atoms with Gasteiger partial charge in [0.1, 0.15) is 0 Å². The van der Waals surface area contributed by atoms with Gasteiger partial charge < -0.3 is 9.80 Å². The highest BCUT2D eigenvalue weighted by atomic mass is 19.4. The van der Waals surface area contributed by atoms with E-state index in [1.165, 1.54) is 6.07 Å². The van der Waals surface area contributed by atoms with E-state index in [9.17, 15) is 35.5 Å². The Morgan fingerprint density at radius 2 is 1.53 bits per heavy atom. The number of amides is 1. The number of carbonyl (C=O) groups is 1. The summed E-state index contributed by atoms with van der Waals surface area (Å²) in [6.07, 6.45) is -10.3. The second-order valence-electron chi connectivity index (χ2n) is 9.19. The summed E-state index contributed by atoms with van der Waals surface area (Å²) in [7, 11) is 1.99. The van der Waals surface area contributed by atoms with Crippen molar-refractivity contribution in [2.24, 2.45) is 11.8 Å². The zero-order valence-electron chi connectivity index (χ0n) is 17.6. The van der Waals surface area contributed by atoms with Gasteiger partial charge in [0.15, 0.2) is 0 Å². The number of nitrogens with zero attached hydrogens (tertiary/aromatic N) is 2. The summed E-state index contributed by atoms with van der Waals surface area (Å²) in [4.78, 5) is 17.1.